The minimum absolute atomic E-state index is 0.0801. The first kappa shape index (κ1) is 15.2. The molecule has 0 saturated carbocycles. The van der Waals surface area contributed by atoms with Crippen molar-refractivity contribution in [3.63, 3.8) is 0 Å². The lowest BCUT2D eigenvalue weighted by Crippen LogP contribution is -2.16. The van der Waals surface area contributed by atoms with Gasteiger partial charge in [-0.25, -0.2) is 4.98 Å². The molecule has 0 aromatic carbocycles. The third-order valence-corrected chi connectivity index (χ3v) is 4.46. The first-order chi connectivity index (χ1) is 9.47. The van der Waals surface area contributed by atoms with Gasteiger partial charge in [0.05, 0.1) is 16.7 Å². The molecule has 0 bridgehead atoms. The van der Waals surface area contributed by atoms with Crippen molar-refractivity contribution in [2.45, 2.75) is 26.8 Å². The molecule has 0 radical (unpaired) electrons. The van der Waals surface area contributed by atoms with E-state index in [0.717, 1.165) is 20.3 Å². The first-order valence-corrected chi connectivity index (χ1v) is 7.67. The molecule has 0 aliphatic rings. The fourth-order valence-corrected chi connectivity index (χ4v) is 2.27. The van der Waals surface area contributed by atoms with Gasteiger partial charge in [-0.1, -0.05) is 0 Å². The molecule has 1 amide bonds. The maximum Gasteiger partial charge on any atom is 0.227 e. The number of pyridine rings is 1. The van der Waals surface area contributed by atoms with Crippen LogP contribution in [0.2, 0.25) is 0 Å². The summed E-state index contributed by atoms with van der Waals surface area (Å²) in [4.78, 5) is 16.0. The van der Waals surface area contributed by atoms with Crippen molar-refractivity contribution in [3.8, 4) is 0 Å². The lowest BCUT2D eigenvalue weighted by molar-refractivity contribution is -0.116. The van der Waals surface area contributed by atoms with Gasteiger partial charge in [0.15, 0.2) is 0 Å². The van der Waals surface area contributed by atoms with Gasteiger partial charge in [0.2, 0.25) is 5.91 Å². The normalized spacial score (nSPS) is 10.6. The Morgan fingerprint density at radius 1 is 1.35 bits per heavy atom. The Hall–Kier alpha value is -1.21. The number of amides is 1. The van der Waals surface area contributed by atoms with Crippen LogP contribution in [-0.2, 0) is 11.3 Å². The Kier molecular flexibility index (Phi) is 4.93. The number of rotatable bonds is 4. The predicted molar refractivity (Wildman–Crippen MR) is 84.6 cm³/mol. The van der Waals surface area contributed by atoms with E-state index in [1.165, 1.54) is 0 Å². The summed E-state index contributed by atoms with van der Waals surface area (Å²) in [5.74, 6) is 0.469. The summed E-state index contributed by atoms with van der Waals surface area (Å²) in [5, 5.41) is 7.12. The highest BCUT2D eigenvalue weighted by molar-refractivity contribution is 9.10. The second-order valence-corrected chi connectivity index (χ2v) is 6.08. The van der Waals surface area contributed by atoms with E-state index in [9.17, 15) is 4.79 Å². The topological polar surface area (TPSA) is 59.8 Å². The number of carbonyl (C=O) groups excluding carboxylic acids is 1. The highest BCUT2D eigenvalue weighted by Gasteiger charge is 2.10. The molecule has 20 heavy (non-hydrogen) atoms. The number of hydrogen-bond acceptors (Lipinski definition) is 3. The van der Waals surface area contributed by atoms with Crippen LogP contribution in [-0.4, -0.2) is 20.7 Å². The average molecular weight is 402 g/mol. The number of aryl methyl sites for hydroxylation is 2. The maximum absolute atomic E-state index is 11.9. The minimum atomic E-state index is -0.0801. The number of aromatic nitrogens is 3. The molecule has 0 spiro atoms. The van der Waals surface area contributed by atoms with E-state index in [1.54, 1.807) is 12.3 Å². The summed E-state index contributed by atoms with van der Waals surface area (Å²) in [6.07, 6.45) is 2.00. The van der Waals surface area contributed by atoms with Crippen LogP contribution in [0, 0.1) is 13.8 Å². The SMILES string of the molecule is Cc1nn(CCC(=O)Nc2ccc(Br)cn2)c(C)c1Br. The van der Waals surface area contributed by atoms with Crippen molar-refractivity contribution in [2.24, 2.45) is 0 Å². The van der Waals surface area contributed by atoms with E-state index in [4.69, 9.17) is 0 Å². The molecule has 0 aliphatic heterocycles. The highest BCUT2D eigenvalue weighted by Crippen LogP contribution is 2.19. The molecule has 0 fully saturated rings. The van der Waals surface area contributed by atoms with Crippen LogP contribution in [0.1, 0.15) is 17.8 Å². The Morgan fingerprint density at radius 3 is 2.65 bits per heavy atom. The van der Waals surface area contributed by atoms with Crippen LogP contribution in [0.25, 0.3) is 0 Å². The van der Waals surface area contributed by atoms with Gasteiger partial charge in [-0.05, 0) is 57.8 Å². The van der Waals surface area contributed by atoms with E-state index < -0.39 is 0 Å². The molecule has 106 valence electrons. The molecular weight excluding hydrogens is 388 g/mol. The Bertz CT molecular complexity index is 622. The van der Waals surface area contributed by atoms with Gasteiger partial charge in [-0.15, -0.1) is 0 Å². The zero-order chi connectivity index (χ0) is 14.7. The maximum atomic E-state index is 11.9. The molecule has 7 heteroatoms. The van der Waals surface area contributed by atoms with Gasteiger partial charge >= 0.3 is 0 Å². The van der Waals surface area contributed by atoms with Crippen molar-refractivity contribution in [2.75, 3.05) is 5.32 Å². The Balaban J connectivity index is 1.92. The number of anilines is 1. The van der Waals surface area contributed by atoms with Gasteiger partial charge in [0, 0.05) is 22.8 Å². The predicted octanol–water partition coefficient (Wildman–Crippen LogP) is 3.45. The molecule has 2 aromatic heterocycles. The Morgan fingerprint density at radius 2 is 2.10 bits per heavy atom. The zero-order valence-electron chi connectivity index (χ0n) is 11.2. The lowest BCUT2D eigenvalue weighted by Gasteiger charge is -2.06. The van der Waals surface area contributed by atoms with Crippen molar-refractivity contribution >= 4 is 43.6 Å². The van der Waals surface area contributed by atoms with Gasteiger partial charge < -0.3 is 5.32 Å². The lowest BCUT2D eigenvalue weighted by atomic mass is 10.3. The Labute approximate surface area is 134 Å². The van der Waals surface area contributed by atoms with E-state index in [1.807, 2.05) is 24.6 Å². The second-order valence-electron chi connectivity index (χ2n) is 4.37. The van der Waals surface area contributed by atoms with Crippen molar-refractivity contribution < 1.29 is 4.79 Å². The molecule has 0 atom stereocenters. The molecular formula is C13H14Br2N4O. The molecule has 0 unspecified atom stereocenters. The number of carbonyl (C=O) groups is 1. The van der Waals surface area contributed by atoms with Gasteiger partial charge in [0.25, 0.3) is 0 Å². The van der Waals surface area contributed by atoms with Crippen LogP contribution in [0.3, 0.4) is 0 Å². The second kappa shape index (κ2) is 6.49. The van der Waals surface area contributed by atoms with Crippen LogP contribution < -0.4 is 5.32 Å². The van der Waals surface area contributed by atoms with Crippen molar-refractivity contribution in [1.29, 1.82) is 0 Å². The zero-order valence-corrected chi connectivity index (χ0v) is 14.3. The summed E-state index contributed by atoms with van der Waals surface area (Å²) < 4.78 is 3.70. The standard InChI is InChI=1S/C13H14Br2N4O/c1-8-13(15)9(2)19(18-8)6-5-12(20)17-11-4-3-10(14)7-16-11/h3-4,7H,5-6H2,1-2H3,(H,16,17,20). The van der Waals surface area contributed by atoms with E-state index in [2.05, 4.69) is 47.3 Å². The third kappa shape index (κ3) is 3.67. The molecule has 1 N–H and O–H groups in total. The molecule has 2 aromatic rings. The molecule has 0 aliphatic carbocycles. The number of hydrogen-bond donors (Lipinski definition) is 1. The highest BCUT2D eigenvalue weighted by atomic mass is 79.9. The molecule has 0 saturated heterocycles. The monoisotopic (exact) mass is 400 g/mol. The minimum Gasteiger partial charge on any atom is -0.311 e. The quantitative estimate of drug-likeness (QED) is 0.853. The molecule has 2 heterocycles. The van der Waals surface area contributed by atoms with Crippen molar-refractivity contribution in [3.05, 3.63) is 38.7 Å². The van der Waals surface area contributed by atoms with Crippen LogP contribution in [0.5, 0.6) is 0 Å². The van der Waals surface area contributed by atoms with Crippen LogP contribution in [0.4, 0.5) is 5.82 Å². The number of nitrogens with one attached hydrogen (secondary N) is 1. The summed E-state index contributed by atoms with van der Waals surface area (Å²) in [7, 11) is 0. The number of halogens is 2. The van der Waals surface area contributed by atoms with Crippen molar-refractivity contribution in [1.82, 2.24) is 14.8 Å². The molecule has 2 rings (SSSR count). The van der Waals surface area contributed by atoms with Gasteiger partial charge in [0.1, 0.15) is 5.82 Å². The smallest absolute Gasteiger partial charge is 0.227 e. The summed E-state index contributed by atoms with van der Waals surface area (Å²) in [6.45, 7) is 4.44. The van der Waals surface area contributed by atoms with Gasteiger partial charge in [-0.3, -0.25) is 9.48 Å². The fraction of sp³-hybridized carbons (Fsp3) is 0.308. The van der Waals surface area contributed by atoms with Crippen LogP contribution in [0.15, 0.2) is 27.3 Å². The summed E-state index contributed by atoms with van der Waals surface area (Å²) >= 11 is 6.77. The first-order valence-electron chi connectivity index (χ1n) is 6.08. The third-order valence-electron chi connectivity index (χ3n) is 2.84. The average Bonchev–Trinajstić information content (AvgIpc) is 2.66. The largest absolute Gasteiger partial charge is 0.311 e. The van der Waals surface area contributed by atoms with Crippen LogP contribution >= 0.6 is 31.9 Å². The number of nitrogens with zero attached hydrogens (tertiary/aromatic N) is 3. The molecule has 5 nitrogen and oxygen atoms in total. The van der Waals surface area contributed by atoms with Gasteiger partial charge in [-0.2, -0.15) is 5.10 Å². The summed E-state index contributed by atoms with van der Waals surface area (Å²) in [6, 6.07) is 3.59. The van der Waals surface area contributed by atoms with E-state index in [-0.39, 0.29) is 5.91 Å². The van der Waals surface area contributed by atoms with E-state index >= 15 is 0 Å². The van der Waals surface area contributed by atoms with E-state index in [0.29, 0.717) is 18.8 Å². The summed E-state index contributed by atoms with van der Waals surface area (Å²) in [5.41, 5.74) is 1.95. The fourth-order valence-electron chi connectivity index (χ4n) is 1.76.